The largest absolute Gasteiger partial charge is 0.441 e. The van der Waals surface area contributed by atoms with Crippen molar-refractivity contribution >= 4 is 16.9 Å². The minimum Gasteiger partial charge on any atom is -0.441 e. The molecule has 0 aliphatic heterocycles. The van der Waals surface area contributed by atoms with Crippen molar-refractivity contribution in [1.82, 2.24) is 0 Å². The molecule has 62 valence electrons. The molecule has 0 radical (unpaired) electrons. The molecule has 0 saturated heterocycles. The molecule has 0 bridgehead atoms. The highest BCUT2D eigenvalue weighted by molar-refractivity contribution is 5.81. The Labute approximate surface area is 71.2 Å². The summed E-state index contributed by atoms with van der Waals surface area (Å²) in [4.78, 5) is 0. The summed E-state index contributed by atoms with van der Waals surface area (Å²) >= 11 is 0. The monoisotopic (exact) mass is 161 g/mol. The molecule has 2 nitrogen and oxygen atoms in total. The number of anilines is 1. The average Bonchev–Trinajstić information content (AvgIpc) is 2.46. The molecule has 1 aromatic carbocycles. The van der Waals surface area contributed by atoms with Crippen molar-refractivity contribution < 1.29 is 4.42 Å². The van der Waals surface area contributed by atoms with Crippen molar-refractivity contribution in [2.45, 2.75) is 6.92 Å². The van der Waals surface area contributed by atoms with Gasteiger partial charge in [0.2, 0.25) is 0 Å². The third-order valence-electron chi connectivity index (χ3n) is 1.92. The zero-order valence-electron chi connectivity index (χ0n) is 7.22. The van der Waals surface area contributed by atoms with E-state index in [0.29, 0.717) is 0 Å². The van der Waals surface area contributed by atoms with Gasteiger partial charge in [-0.25, -0.2) is 0 Å². The Bertz CT molecular complexity index is 403. The van der Waals surface area contributed by atoms with Crippen LogP contribution >= 0.6 is 0 Å². The fourth-order valence-electron chi connectivity index (χ4n) is 1.29. The zero-order valence-corrected chi connectivity index (χ0v) is 7.22. The summed E-state index contributed by atoms with van der Waals surface area (Å²) < 4.78 is 5.46. The Morgan fingerprint density at radius 1 is 1.25 bits per heavy atom. The van der Waals surface area contributed by atoms with Crippen molar-refractivity contribution in [3.8, 4) is 0 Å². The van der Waals surface area contributed by atoms with Crippen molar-refractivity contribution in [2.75, 3.05) is 12.4 Å². The second kappa shape index (κ2) is 2.55. The number of nitrogens with one attached hydrogen (secondary N) is 1. The van der Waals surface area contributed by atoms with Crippen LogP contribution in [0.25, 0.3) is 11.0 Å². The van der Waals surface area contributed by atoms with E-state index in [1.165, 1.54) is 5.56 Å². The van der Waals surface area contributed by atoms with Crippen molar-refractivity contribution in [1.29, 1.82) is 0 Å². The van der Waals surface area contributed by atoms with Gasteiger partial charge in [0.25, 0.3) is 0 Å². The Balaban J connectivity index is 2.67. The quantitative estimate of drug-likeness (QED) is 0.695. The van der Waals surface area contributed by atoms with Gasteiger partial charge in [-0.3, -0.25) is 0 Å². The van der Waals surface area contributed by atoms with Gasteiger partial charge in [-0.15, -0.1) is 0 Å². The van der Waals surface area contributed by atoms with Crippen LogP contribution in [-0.4, -0.2) is 7.05 Å². The lowest BCUT2D eigenvalue weighted by molar-refractivity contribution is 0.632. The van der Waals surface area contributed by atoms with E-state index in [1.54, 1.807) is 0 Å². The lowest BCUT2D eigenvalue weighted by Crippen LogP contribution is -1.81. The lowest BCUT2D eigenvalue weighted by atomic mass is 10.2. The van der Waals surface area contributed by atoms with Crippen LogP contribution in [0.5, 0.6) is 0 Å². The topological polar surface area (TPSA) is 25.2 Å². The molecule has 0 aliphatic rings. The van der Waals surface area contributed by atoms with Crippen LogP contribution in [0.15, 0.2) is 28.7 Å². The van der Waals surface area contributed by atoms with E-state index < -0.39 is 0 Å². The fourth-order valence-corrected chi connectivity index (χ4v) is 1.29. The first-order chi connectivity index (χ1) is 5.79. The number of fused-ring (bicyclic) bond motifs is 1. The number of aryl methyl sites for hydroxylation is 1. The first-order valence-electron chi connectivity index (χ1n) is 3.97. The maximum atomic E-state index is 5.46. The molecule has 0 saturated carbocycles. The molecule has 12 heavy (non-hydrogen) atoms. The third kappa shape index (κ3) is 1.05. The molecule has 0 amide bonds. The molecule has 0 spiro atoms. The van der Waals surface area contributed by atoms with E-state index in [2.05, 4.69) is 18.3 Å². The summed E-state index contributed by atoms with van der Waals surface area (Å²) in [5, 5.41) is 4.12. The molecule has 0 fully saturated rings. The molecule has 2 rings (SSSR count). The standard InChI is InChI=1S/C10H11NO/c1-7-3-4-9-8(5-7)6-10(11-2)12-9/h3-6,11H,1-2H3. The number of hydrogen-bond acceptors (Lipinski definition) is 2. The maximum Gasteiger partial charge on any atom is 0.193 e. The summed E-state index contributed by atoms with van der Waals surface area (Å²) in [6, 6.07) is 8.15. The first kappa shape index (κ1) is 7.22. The Kier molecular flexibility index (Phi) is 1.54. The third-order valence-corrected chi connectivity index (χ3v) is 1.92. The predicted molar refractivity (Wildman–Crippen MR) is 50.5 cm³/mol. The summed E-state index contributed by atoms with van der Waals surface area (Å²) in [7, 11) is 1.85. The smallest absolute Gasteiger partial charge is 0.193 e. The van der Waals surface area contributed by atoms with Crippen LogP contribution in [0.3, 0.4) is 0 Å². The van der Waals surface area contributed by atoms with E-state index in [1.807, 2.05) is 25.2 Å². The molecule has 1 heterocycles. The van der Waals surface area contributed by atoms with Crippen LogP contribution < -0.4 is 5.32 Å². The second-order valence-electron chi connectivity index (χ2n) is 2.90. The van der Waals surface area contributed by atoms with Gasteiger partial charge < -0.3 is 9.73 Å². The number of furan rings is 1. The molecule has 2 aromatic rings. The number of benzene rings is 1. The minimum atomic E-state index is 0.815. The predicted octanol–water partition coefficient (Wildman–Crippen LogP) is 2.78. The second-order valence-corrected chi connectivity index (χ2v) is 2.90. The average molecular weight is 161 g/mol. The van der Waals surface area contributed by atoms with Gasteiger partial charge in [0.05, 0.1) is 0 Å². The first-order valence-corrected chi connectivity index (χ1v) is 3.97. The summed E-state index contributed by atoms with van der Waals surface area (Å²) in [6.45, 7) is 2.07. The van der Waals surface area contributed by atoms with Crippen LogP contribution in [0.2, 0.25) is 0 Å². The van der Waals surface area contributed by atoms with Gasteiger partial charge in [-0.05, 0) is 19.1 Å². The van der Waals surface area contributed by atoms with Crippen LogP contribution in [-0.2, 0) is 0 Å². The number of rotatable bonds is 1. The van der Waals surface area contributed by atoms with Crippen LogP contribution in [0, 0.1) is 6.92 Å². The van der Waals surface area contributed by atoms with E-state index in [-0.39, 0.29) is 0 Å². The van der Waals surface area contributed by atoms with E-state index in [9.17, 15) is 0 Å². The highest BCUT2D eigenvalue weighted by atomic mass is 16.3. The molecular formula is C10H11NO. The molecule has 0 unspecified atom stereocenters. The zero-order chi connectivity index (χ0) is 8.55. The van der Waals surface area contributed by atoms with Gasteiger partial charge in [-0.2, -0.15) is 0 Å². The van der Waals surface area contributed by atoms with E-state index >= 15 is 0 Å². The van der Waals surface area contributed by atoms with Gasteiger partial charge >= 0.3 is 0 Å². The van der Waals surface area contributed by atoms with Gasteiger partial charge in [0.1, 0.15) is 5.58 Å². The van der Waals surface area contributed by atoms with Crippen molar-refractivity contribution in [3.63, 3.8) is 0 Å². The fraction of sp³-hybridized carbons (Fsp3) is 0.200. The van der Waals surface area contributed by atoms with Gasteiger partial charge in [-0.1, -0.05) is 11.6 Å². The summed E-state index contributed by atoms with van der Waals surface area (Å²) in [6.07, 6.45) is 0. The van der Waals surface area contributed by atoms with E-state index in [0.717, 1.165) is 16.9 Å². The van der Waals surface area contributed by atoms with Gasteiger partial charge in [0.15, 0.2) is 5.88 Å². The molecule has 1 aromatic heterocycles. The Morgan fingerprint density at radius 2 is 2.08 bits per heavy atom. The minimum absolute atomic E-state index is 0.815. The Morgan fingerprint density at radius 3 is 2.83 bits per heavy atom. The van der Waals surface area contributed by atoms with Gasteiger partial charge in [0, 0.05) is 18.5 Å². The van der Waals surface area contributed by atoms with Crippen molar-refractivity contribution in [2.24, 2.45) is 0 Å². The Hall–Kier alpha value is -1.44. The molecular weight excluding hydrogens is 150 g/mol. The molecule has 0 aliphatic carbocycles. The normalized spacial score (nSPS) is 10.5. The van der Waals surface area contributed by atoms with Crippen LogP contribution in [0.1, 0.15) is 5.56 Å². The highest BCUT2D eigenvalue weighted by Gasteiger charge is 2.00. The number of hydrogen-bond donors (Lipinski definition) is 1. The molecule has 1 N–H and O–H groups in total. The lowest BCUT2D eigenvalue weighted by Gasteiger charge is -1.89. The van der Waals surface area contributed by atoms with Crippen molar-refractivity contribution in [3.05, 3.63) is 29.8 Å². The van der Waals surface area contributed by atoms with E-state index in [4.69, 9.17) is 4.42 Å². The highest BCUT2D eigenvalue weighted by Crippen LogP contribution is 2.23. The summed E-state index contributed by atoms with van der Waals surface area (Å²) in [5.74, 6) is 0.815. The van der Waals surface area contributed by atoms with Crippen LogP contribution in [0.4, 0.5) is 5.88 Å². The molecule has 0 atom stereocenters. The molecule has 2 heteroatoms. The maximum absolute atomic E-state index is 5.46. The SMILES string of the molecule is CNc1cc2cc(C)ccc2o1. The summed E-state index contributed by atoms with van der Waals surface area (Å²) in [5.41, 5.74) is 2.19.